The number of aromatic nitrogens is 2. The Hall–Kier alpha value is -1.85. The number of aryl methyl sites for hydroxylation is 2. The van der Waals surface area contributed by atoms with Gasteiger partial charge in [0.25, 0.3) is 0 Å². The summed E-state index contributed by atoms with van der Waals surface area (Å²) in [5.74, 6) is -1.37. The van der Waals surface area contributed by atoms with Crippen molar-refractivity contribution >= 4 is 11.9 Å². The Balaban J connectivity index is 2.58. The summed E-state index contributed by atoms with van der Waals surface area (Å²) in [6, 6.07) is 0.923. The number of aliphatic carboxylic acids is 1. The molecule has 1 atom stereocenters. The normalized spacial score (nSPS) is 12.2. The molecule has 0 radical (unpaired) electrons. The molecule has 1 amide bonds. The van der Waals surface area contributed by atoms with Gasteiger partial charge in [0.2, 0.25) is 5.91 Å². The average molecular weight is 225 g/mol. The van der Waals surface area contributed by atoms with Crippen molar-refractivity contribution in [2.75, 3.05) is 0 Å². The summed E-state index contributed by atoms with van der Waals surface area (Å²) in [7, 11) is 1.75. The van der Waals surface area contributed by atoms with E-state index in [1.54, 1.807) is 17.8 Å². The molecule has 6 heteroatoms. The van der Waals surface area contributed by atoms with E-state index in [-0.39, 0.29) is 12.3 Å². The molecule has 0 aliphatic carbocycles. The number of hydrogen-bond donors (Lipinski definition) is 2. The van der Waals surface area contributed by atoms with Crippen molar-refractivity contribution in [3.8, 4) is 0 Å². The Labute approximate surface area is 93.3 Å². The highest BCUT2D eigenvalue weighted by molar-refractivity contribution is 5.84. The molecule has 0 unspecified atom stereocenters. The van der Waals surface area contributed by atoms with Crippen molar-refractivity contribution < 1.29 is 14.7 Å². The summed E-state index contributed by atoms with van der Waals surface area (Å²) in [5.41, 5.74) is 1.59. The van der Waals surface area contributed by atoms with Crippen LogP contribution >= 0.6 is 0 Å². The molecular formula is C10H15N3O3. The largest absolute Gasteiger partial charge is 0.480 e. The topological polar surface area (TPSA) is 84.2 Å². The molecule has 0 bridgehead atoms. The lowest BCUT2D eigenvalue weighted by Crippen LogP contribution is -2.39. The highest BCUT2D eigenvalue weighted by Crippen LogP contribution is 2.02. The molecule has 0 aliphatic heterocycles. The van der Waals surface area contributed by atoms with Gasteiger partial charge in [0.1, 0.15) is 6.04 Å². The van der Waals surface area contributed by atoms with E-state index in [2.05, 4.69) is 10.4 Å². The molecule has 0 saturated heterocycles. The van der Waals surface area contributed by atoms with Crippen LogP contribution in [0, 0.1) is 6.92 Å². The molecule has 1 rings (SSSR count). The minimum absolute atomic E-state index is 0.134. The van der Waals surface area contributed by atoms with Gasteiger partial charge < -0.3 is 10.4 Å². The zero-order chi connectivity index (χ0) is 12.3. The first kappa shape index (κ1) is 12.2. The Morgan fingerprint density at radius 1 is 1.62 bits per heavy atom. The molecule has 0 aliphatic rings. The van der Waals surface area contributed by atoms with E-state index in [0.717, 1.165) is 11.4 Å². The summed E-state index contributed by atoms with van der Waals surface area (Å²) < 4.78 is 1.61. The number of carboxylic acids is 1. The molecule has 0 spiro atoms. The van der Waals surface area contributed by atoms with E-state index in [1.165, 1.54) is 6.92 Å². The minimum atomic E-state index is -1.05. The third-order valence-electron chi connectivity index (χ3n) is 2.19. The van der Waals surface area contributed by atoms with Crippen LogP contribution in [0.1, 0.15) is 18.3 Å². The standard InChI is InChI=1S/C10H15N3O3/c1-6-4-8(13(3)12-6)5-9(14)11-7(2)10(15)16/h4,7H,5H2,1-3H3,(H,11,14)(H,15,16)/t7-/m0/s1. The van der Waals surface area contributed by atoms with Crippen molar-refractivity contribution in [2.45, 2.75) is 26.3 Å². The van der Waals surface area contributed by atoms with E-state index in [1.807, 2.05) is 6.92 Å². The van der Waals surface area contributed by atoms with Crippen LogP contribution in [0.15, 0.2) is 6.07 Å². The second-order valence-corrected chi connectivity index (χ2v) is 3.70. The smallest absolute Gasteiger partial charge is 0.325 e. The molecule has 1 aromatic heterocycles. The Morgan fingerprint density at radius 2 is 2.25 bits per heavy atom. The first-order valence-corrected chi connectivity index (χ1v) is 4.92. The van der Waals surface area contributed by atoms with Crippen LogP contribution in [0.25, 0.3) is 0 Å². The van der Waals surface area contributed by atoms with Gasteiger partial charge in [-0.1, -0.05) is 0 Å². The maximum atomic E-state index is 11.5. The van der Waals surface area contributed by atoms with Gasteiger partial charge >= 0.3 is 5.97 Å². The highest BCUT2D eigenvalue weighted by atomic mass is 16.4. The van der Waals surface area contributed by atoms with Crippen LogP contribution in [0.5, 0.6) is 0 Å². The van der Waals surface area contributed by atoms with Crippen LogP contribution in [0.4, 0.5) is 0 Å². The number of rotatable bonds is 4. The van der Waals surface area contributed by atoms with Gasteiger partial charge in [-0.25, -0.2) is 0 Å². The number of nitrogens with one attached hydrogen (secondary N) is 1. The zero-order valence-electron chi connectivity index (χ0n) is 9.52. The van der Waals surface area contributed by atoms with Crippen LogP contribution in [0.2, 0.25) is 0 Å². The first-order valence-electron chi connectivity index (χ1n) is 4.92. The molecule has 2 N–H and O–H groups in total. The van der Waals surface area contributed by atoms with Crippen LogP contribution < -0.4 is 5.32 Å². The molecule has 0 saturated carbocycles. The lowest BCUT2D eigenvalue weighted by atomic mass is 10.2. The quantitative estimate of drug-likeness (QED) is 0.747. The number of carbonyl (C=O) groups is 2. The van der Waals surface area contributed by atoms with Gasteiger partial charge in [0.05, 0.1) is 12.1 Å². The van der Waals surface area contributed by atoms with Crippen molar-refractivity contribution in [3.63, 3.8) is 0 Å². The van der Waals surface area contributed by atoms with Gasteiger partial charge in [-0.15, -0.1) is 0 Å². The van der Waals surface area contributed by atoms with Gasteiger partial charge in [-0.3, -0.25) is 14.3 Å². The molecular weight excluding hydrogens is 210 g/mol. The van der Waals surface area contributed by atoms with Crippen molar-refractivity contribution in [2.24, 2.45) is 7.05 Å². The second kappa shape index (κ2) is 4.78. The molecule has 88 valence electrons. The van der Waals surface area contributed by atoms with Crippen molar-refractivity contribution in [1.82, 2.24) is 15.1 Å². The van der Waals surface area contributed by atoms with E-state index >= 15 is 0 Å². The Kier molecular flexibility index (Phi) is 3.65. The Bertz CT molecular complexity index is 411. The summed E-state index contributed by atoms with van der Waals surface area (Å²) in [6.07, 6.45) is 0.134. The predicted octanol–water partition coefficient (Wildman–Crippen LogP) is -0.140. The van der Waals surface area contributed by atoms with Gasteiger partial charge in [0.15, 0.2) is 0 Å². The fourth-order valence-corrected chi connectivity index (χ4v) is 1.35. The van der Waals surface area contributed by atoms with Gasteiger partial charge in [-0.2, -0.15) is 5.10 Å². The van der Waals surface area contributed by atoms with E-state index in [9.17, 15) is 9.59 Å². The highest BCUT2D eigenvalue weighted by Gasteiger charge is 2.15. The molecule has 1 aromatic rings. The van der Waals surface area contributed by atoms with Crippen molar-refractivity contribution in [3.05, 3.63) is 17.5 Å². The van der Waals surface area contributed by atoms with Gasteiger partial charge in [-0.05, 0) is 19.9 Å². The number of carboxylic acid groups (broad SMARTS) is 1. The molecule has 1 heterocycles. The number of nitrogens with zero attached hydrogens (tertiary/aromatic N) is 2. The lowest BCUT2D eigenvalue weighted by molar-refractivity contribution is -0.141. The minimum Gasteiger partial charge on any atom is -0.480 e. The summed E-state index contributed by atoms with van der Waals surface area (Å²) in [6.45, 7) is 3.26. The summed E-state index contributed by atoms with van der Waals surface area (Å²) in [5, 5.41) is 15.1. The summed E-state index contributed by atoms with van der Waals surface area (Å²) >= 11 is 0. The maximum Gasteiger partial charge on any atom is 0.325 e. The Morgan fingerprint density at radius 3 is 2.69 bits per heavy atom. The van der Waals surface area contributed by atoms with Crippen LogP contribution in [-0.2, 0) is 23.1 Å². The molecule has 0 aromatic carbocycles. The lowest BCUT2D eigenvalue weighted by Gasteiger charge is -2.08. The van der Waals surface area contributed by atoms with Crippen LogP contribution in [0.3, 0.4) is 0 Å². The molecule has 16 heavy (non-hydrogen) atoms. The van der Waals surface area contributed by atoms with E-state index in [4.69, 9.17) is 5.11 Å². The second-order valence-electron chi connectivity index (χ2n) is 3.70. The number of carbonyl (C=O) groups excluding carboxylic acids is 1. The number of amides is 1. The fourth-order valence-electron chi connectivity index (χ4n) is 1.35. The SMILES string of the molecule is Cc1cc(CC(=O)N[C@@H](C)C(=O)O)n(C)n1. The van der Waals surface area contributed by atoms with E-state index in [0.29, 0.717) is 0 Å². The molecule has 6 nitrogen and oxygen atoms in total. The third-order valence-corrected chi connectivity index (χ3v) is 2.19. The monoisotopic (exact) mass is 225 g/mol. The first-order chi connectivity index (χ1) is 7.40. The fraction of sp³-hybridized carbons (Fsp3) is 0.500. The van der Waals surface area contributed by atoms with Crippen LogP contribution in [-0.4, -0.2) is 32.8 Å². The predicted molar refractivity (Wildman–Crippen MR) is 56.9 cm³/mol. The molecule has 0 fully saturated rings. The number of hydrogen-bond acceptors (Lipinski definition) is 3. The van der Waals surface area contributed by atoms with Crippen molar-refractivity contribution in [1.29, 1.82) is 0 Å². The van der Waals surface area contributed by atoms with E-state index < -0.39 is 12.0 Å². The third kappa shape index (κ3) is 3.08. The average Bonchev–Trinajstić information content (AvgIpc) is 2.44. The summed E-state index contributed by atoms with van der Waals surface area (Å²) in [4.78, 5) is 22.0. The maximum absolute atomic E-state index is 11.5. The van der Waals surface area contributed by atoms with Gasteiger partial charge in [0, 0.05) is 12.7 Å². The zero-order valence-corrected chi connectivity index (χ0v) is 9.52.